The first-order valence-electron chi connectivity index (χ1n) is 5.85. The van der Waals surface area contributed by atoms with Gasteiger partial charge in [-0.05, 0) is 37.1 Å². The summed E-state index contributed by atoms with van der Waals surface area (Å²) in [5, 5.41) is 9.05. The second-order valence-corrected chi connectivity index (χ2v) is 6.18. The number of carboxylic acid groups (broad SMARTS) is 1. The van der Waals surface area contributed by atoms with Crippen molar-refractivity contribution in [2.75, 3.05) is 13.7 Å². The number of hydrogen-bond acceptors (Lipinski definition) is 4. The highest BCUT2D eigenvalue weighted by atomic mass is 32.2. The van der Waals surface area contributed by atoms with Gasteiger partial charge in [-0.3, -0.25) is 4.79 Å². The number of ether oxygens (including phenoxy) is 1. The fourth-order valence-corrected chi connectivity index (χ4v) is 3.81. The van der Waals surface area contributed by atoms with Gasteiger partial charge in [0, 0.05) is 6.54 Å². The first kappa shape index (κ1) is 13.8. The summed E-state index contributed by atoms with van der Waals surface area (Å²) in [5.74, 6) is -0.551. The van der Waals surface area contributed by atoms with E-state index in [0.29, 0.717) is 18.6 Å². The van der Waals surface area contributed by atoms with Crippen LogP contribution in [0.3, 0.4) is 0 Å². The number of aliphatic carboxylic acids is 1. The number of benzene rings is 1. The van der Waals surface area contributed by atoms with Crippen LogP contribution in [0.5, 0.6) is 5.75 Å². The standard InChI is InChI=1S/C12H15NO5S/c1-18-9-4-6-10(7-5-9)19(16,17)13-8-2-3-11(13)12(14)15/h4-7,11H,2-3,8H2,1H3,(H,14,15). The van der Waals surface area contributed by atoms with Crippen LogP contribution in [-0.2, 0) is 14.8 Å². The summed E-state index contributed by atoms with van der Waals surface area (Å²) in [4.78, 5) is 11.1. The number of carboxylic acids is 1. The van der Waals surface area contributed by atoms with Gasteiger partial charge in [0.15, 0.2) is 0 Å². The van der Waals surface area contributed by atoms with E-state index in [4.69, 9.17) is 9.84 Å². The van der Waals surface area contributed by atoms with Crippen molar-refractivity contribution in [3.05, 3.63) is 24.3 Å². The maximum absolute atomic E-state index is 12.4. The molecule has 104 valence electrons. The monoisotopic (exact) mass is 285 g/mol. The Bertz CT molecular complexity index is 566. The fourth-order valence-electron chi connectivity index (χ4n) is 2.16. The van der Waals surface area contributed by atoms with E-state index in [0.717, 1.165) is 4.31 Å². The summed E-state index contributed by atoms with van der Waals surface area (Å²) in [6, 6.07) is 4.96. The van der Waals surface area contributed by atoms with Gasteiger partial charge in [0.05, 0.1) is 12.0 Å². The summed E-state index contributed by atoms with van der Waals surface area (Å²) < 4.78 is 30.8. The van der Waals surface area contributed by atoms with Gasteiger partial charge in [0.2, 0.25) is 10.0 Å². The van der Waals surface area contributed by atoms with Crippen LogP contribution in [0.4, 0.5) is 0 Å². The number of nitrogens with zero attached hydrogens (tertiary/aromatic N) is 1. The molecule has 7 heteroatoms. The molecule has 2 rings (SSSR count). The summed E-state index contributed by atoms with van der Waals surface area (Å²) in [5.41, 5.74) is 0. The van der Waals surface area contributed by atoms with E-state index in [2.05, 4.69) is 0 Å². The predicted molar refractivity (Wildman–Crippen MR) is 67.5 cm³/mol. The summed E-state index contributed by atoms with van der Waals surface area (Å²) in [6.45, 7) is 0.241. The molecule has 0 bridgehead atoms. The van der Waals surface area contributed by atoms with E-state index in [1.807, 2.05) is 0 Å². The highest BCUT2D eigenvalue weighted by molar-refractivity contribution is 7.89. The zero-order valence-corrected chi connectivity index (χ0v) is 11.3. The zero-order chi connectivity index (χ0) is 14.0. The lowest BCUT2D eigenvalue weighted by Gasteiger charge is -2.20. The molecule has 0 aliphatic carbocycles. The van der Waals surface area contributed by atoms with Gasteiger partial charge < -0.3 is 9.84 Å². The molecule has 0 saturated carbocycles. The SMILES string of the molecule is COc1ccc(S(=O)(=O)N2CCCC2C(=O)O)cc1. The molecule has 1 saturated heterocycles. The number of carbonyl (C=O) groups is 1. The molecule has 1 aromatic rings. The zero-order valence-electron chi connectivity index (χ0n) is 10.4. The van der Waals surface area contributed by atoms with Crippen molar-refractivity contribution in [3.63, 3.8) is 0 Å². The maximum atomic E-state index is 12.4. The number of methoxy groups -OCH3 is 1. The third-order valence-electron chi connectivity index (χ3n) is 3.15. The molecule has 1 aromatic carbocycles. The van der Waals surface area contributed by atoms with Crippen LogP contribution in [0, 0.1) is 0 Å². The quantitative estimate of drug-likeness (QED) is 0.889. The van der Waals surface area contributed by atoms with Crippen molar-refractivity contribution < 1.29 is 23.1 Å². The number of hydrogen-bond donors (Lipinski definition) is 1. The first-order valence-corrected chi connectivity index (χ1v) is 7.29. The Morgan fingerprint density at radius 1 is 1.37 bits per heavy atom. The molecule has 1 aliphatic rings. The smallest absolute Gasteiger partial charge is 0.322 e. The summed E-state index contributed by atoms with van der Waals surface area (Å²) in [7, 11) is -2.27. The third kappa shape index (κ3) is 2.57. The molecule has 1 N–H and O–H groups in total. The fraction of sp³-hybridized carbons (Fsp3) is 0.417. The van der Waals surface area contributed by atoms with E-state index in [9.17, 15) is 13.2 Å². The molecule has 1 aliphatic heterocycles. The Labute approximate surface area is 111 Å². The minimum atomic E-state index is -3.76. The maximum Gasteiger partial charge on any atom is 0.322 e. The van der Waals surface area contributed by atoms with Crippen molar-refractivity contribution in [1.29, 1.82) is 0 Å². The van der Waals surface area contributed by atoms with E-state index in [1.54, 1.807) is 12.1 Å². The minimum absolute atomic E-state index is 0.0847. The van der Waals surface area contributed by atoms with Gasteiger partial charge in [-0.1, -0.05) is 0 Å². The van der Waals surface area contributed by atoms with Crippen LogP contribution in [-0.4, -0.2) is 43.5 Å². The van der Waals surface area contributed by atoms with Crippen molar-refractivity contribution >= 4 is 16.0 Å². The Morgan fingerprint density at radius 3 is 2.53 bits per heavy atom. The van der Waals surface area contributed by atoms with E-state index in [-0.39, 0.29) is 11.4 Å². The normalized spacial score (nSPS) is 20.4. The topological polar surface area (TPSA) is 83.9 Å². The minimum Gasteiger partial charge on any atom is -0.497 e. The Kier molecular flexibility index (Phi) is 3.77. The molecule has 0 spiro atoms. The van der Waals surface area contributed by atoms with Gasteiger partial charge in [-0.15, -0.1) is 0 Å². The lowest BCUT2D eigenvalue weighted by molar-refractivity contribution is -0.140. The van der Waals surface area contributed by atoms with Crippen molar-refractivity contribution in [2.45, 2.75) is 23.8 Å². The average Bonchev–Trinajstić information content (AvgIpc) is 2.89. The molecule has 0 amide bonds. The van der Waals surface area contributed by atoms with E-state index < -0.39 is 22.0 Å². The number of sulfonamides is 1. The van der Waals surface area contributed by atoms with E-state index in [1.165, 1.54) is 19.2 Å². The highest BCUT2D eigenvalue weighted by Crippen LogP contribution is 2.27. The van der Waals surface area contributed by atoms with Gasteiger partial charge in [-0.25, -0.2) is 8.42 Å². The average molecular weight is 285 g/mol. The number of rotatable bonds is 4. The molecule has 1 heterocycles. The second kappa shape index (κ2) is 5.18. The molecule has 1 unspecified atom stereocenters. The molecule has 6 nitrogen and oxygen atoms in total. The lowest BCUT2D eigenvalue weighted by Crippen LogP contribution is -2.40. The van der Waals surface area contributed by atoms with Crippen LogP contribution in [0.2, 0.25) is 0 Å². The predicted octanol–water partition coefficient (Wildman–Crippen LogP) is 0.933. The summed E-state index contributed by atoms with van der Waals surface area (Å²) >= 11 is 0. The van der Waals surface area contributed by atoms with Gasteiger partial charge in [0.25, 0.3) is 0 Å². The van der Waals surface area contributed by atoms with Crippen LogP contribution in [0.25, 0.3) is 0 Å². The molecular weight excluding hydrogens is 270 g/mol. The Hall–Kier alpha value is -1.60. The highest BCUT2D eigenvalue weighted by Gasteiger charge is 2.39. The van der Waals surface area contributed by atoms with Gasteiger partial charge >= 0.3 is 5.97 Å². The Morgan fingerprint density at radius 2 is 2.00 bits per heavy atom. The van der Waals surface area contributed by atoms with E-state index >= 15 is 0 Å². The van der Waals surface area contributed by atoms with Crippen LogP contribution < -0.4 is 4.74 Å². The Balaban J connectivity index is 2.33. The largest absolute Gasteiger partial charge is 0.497 e. The van der Waals surface area contributed by atoms with Crippen molar-refractivity contribution in [1.82, 2.24) is 4.31 Å². The first-order chi connectivity index (χ1) is 8.96. The van der Waals surface area contributed by atoms with Crippen LogP contribution in [0.1, 0.15) is 12.8 Å². The van der Waals surface area contributed by atoms with Crippen molar-refractivity contribution in [2.24, 2.45) is 0 Å². The van der Waals surface area contributed by atoms with Crippen molar-refractivity contribution in [3.8, 4) is 5.75 Å². The van der Waals surface area contributed by atoms with Gasteiger partial charge in [0.1, 0.15) is 11.8 Å². The molecule has 19 heavy (non-hydrogen) atoms. The lowest BCUT2D eigenvalue weighted by atomic mass is 10.2. The van der Waals surface area contributed by atoms with Gasteiger partial charge in [-0.2, -0.15) is 4.31 Å². The molecule has 1 atom stereocenters. The molecule has 1 fully saturated rings. The summed E-state index contributed by atoms with van der Waals surface area (Å²) in [6.07, 6.45) is 0.914. The third-order valence-corrected chi connectivity index (χ3v) is 5.08. The second-order valence-electron chi connectivity index (χ2n) is 4.29. The molecular formula is C12H15NO5S. The molecule has 0 radical (unpaired) electrons. The molecule has 0 aromatic heterocycles. The van der Waals surface area contributed by atoms with Crippen LogP contribution in [0.15, 0.2) is 29.2 Å². The van der Waals surface area contributed by atoms with Crippen LogP contribution >= 0.6 is 0 Å².